The predicted molar refractivity (Wildman–Crippen MR) is 196 cm³/mol. The van der Waals surface area contributed by atoms with Crippen LogP contribution in [0.4, 0.5) is 0 Å². The van der Waals surface area contributed by atoms with E-state index in [4.69, 9.17) is 24.4 Å². The van der Waals surface area contributed by atoms with Gasteiger partial charge in [0.15, 0.2) is 10.2 Å². The van der Waals surface area contributed by atoms with E-state index < -0.39 is 0 Å². The molecule has 5 nitrogen and oxygen atoms in total. The maximum atomic E-state index is 6.43. The molecule has 3 heterocycles. The van der Waals surface area contributed by atoms with Gasteiger partial charge in [0.25, 0.3) is 0 Å². The Morgan fingerprint density at radius 2 is 1.49 bits per heavy atom. The highest BCUT2D eigenvalue weighted by atomic mass is 32.1. The number of hydrogen-bond acceptors (Lipinski definition) is 3. The maximum Gasteiger partial charge on any atom is 0.172 e. The fourth-order valence-electron chi connectivity index (χ4n) is 8.53. The highest BCUT2D eigenvalue weighted by molar-refractivity contribution is 7.80. The Morgan fingerprint density at radius 1 is 0.778 bits per heavy atom. The second-order valence-corrected chi connectivity index (χ2v) is 15.4. The van der Waals surface area contributed by atoms with Gasteiger partial charge in [0.2, 0.25) is 0 Å². The van der Waals surface area contributed by atoms with Crippen molar-refractivity contribution in [3.63, 3.8) is 0 Å². The van der Waals surface area contributed by atoms with E-state index >= 15 is 0 Å². The first kappa shape index (κ1) is 32.7. The lowest BCUT2D eigenvalue weighted by Crippen LogP contribution is -2.51. The van der Waals surface area contributed by atoms with E-state index in [1.165, 1.54) is 62.5 Å². The van der Waals surface area contributed by atoms with Crippen molar-refractivity contribution in [1.82, 2.24) is 24.9 Å². The Labute approximate surface area is 283 Å². The third-order valence-electron chi connectivity index (χ3n) is 10.9. The SMILES string of the molecule is CC(C)C[C@H]1CN([C@@H](Cc2ccccc2)CN2CCCC2CN2C(=S)NC[C@@H]2Cc2ccccc2)C(=S)N1CC1CCCCC1. The van der Waals surface area contributed by atoms with Gasteiger partial charge in [-0.25, -0.2) is 0 Å². The number of benzene rings is 2. The minimum absolute atomic E-state index is 0.371. The van der Waals surface area contributed by atoms with E-state index in [-0.39, 0.29) is 0 Å². The summed E-state index contributed by atoms with van der Waals surface area (Å²) in [5.41, 5.74) is 2.81. The summed E-state index contributed by atoms with van der Waals surface area (Å²) in [5, 5.41) is 5.57. The van der Waals surface area contributed by atoms with Gasteiger partial charge >= 0.3 is 0 Å². The van der Waals surface area contributed by atoms with Gasteiger partial charge in [0.1, 0.15) is 0 Å². The van der Waals surface area contributed by atoms with Crippen LogP contribution in [-0.4, -0.2) is 93.3 Å². The minimum atomic E-state index is 0.371. The molecule has 0 amide bonds. The van der Waals surface area contributed by atoms with Crippen LogP contribution < -0.4 is 5.32 Å². The largest absolute Gasteiger partial charge is 0.360 e. The molecule has 45 heavy (non-hydrogen) atoms. The van der Waals surface area contributed by atoms with E-state index in [1.807, 2.05) is 0 Å². The number of likely N-dealkylation sites (tertiary alicyclic amines) is 1. The summed E-state index contributed by atoms with van der Waals surface area (Å²) in [6.07, 6.45) is 12.7. The van der Waals surface area contributed by atoms with Crippen LogP contribution in [-0.2, 0) is 12.8 Å². The van der Waals surface area contributed by atoms with Crippen molar-refractivity contribution >= 4 is 34.7 Å². The molecule has 3 saturated heterocycles. The Balaban J connectivity index is 1.18. The molecule has 3 aliphatic heterocycles. The third-order valence-corrected chi connectivity index (χ3v) is 11.7. The lowest BCUT2D eigenvalue weighted by Gasteiger charge is -2.37. The second kappa shape index (κ2) is 15.6. The quantitative estimate of drug-likeness (QED) is 0.241. The van der Waals surface area contributed by atoms with E-state index in [2.05, 4.69) is 99.4 Å². The van der Waals surface area contributed by atoms with Crippen molar-refractivity contribution in [2.24, 2.45) is 11.8 Å². The first-order chi connectivity index (χ1) is 21.9. The molecule has 2 aromatic carbocycles. The Hall–Kier alpha value is -2.22. The standard InChI is InChI=1S/C38H55N5S2/c1-29(2)21-35-28-43(38(45)42(35)25-32-17-10-5-11-18-32)36(23-31-15-8-4-9-16-31)26-40-20-12-19-33(40)27-41-34(24-39-37(41)44)22-30-13-6-3-7-14-30/h3-4,6-9,13-16,29,32-36H,5,10-12,17-28H2,1-2H3,(H,39,44)/t33?,34-,35-,36-/m0/s1. The summed E-state index contributed by atoms with van der Waals surface area (Å²) in [4.78, 5) is 10.6. The molecule has 6 rings (SSSR count). The number of nitrogens with zero attached hydrogens (tertiary/aromatic N) is 4. The third kappa shape index (κ3) is 8.39. The summed E-state index contributed by atoms with van der Waals surface area (Å²) in [6.45, 7) is 11.1. The van der Waals surface area contributed by atoms with Gasteiger partial charge in [0.05, 0.1) is 6.04 Å². The fraction of sp³-hybridized carbons (Fsp3) is 0.632. The van der Waals surface area contributed by atoms with Gasteiger partial charge in [-0.05, 0) is 98.9 Å². The average molecular weight is 646 g/mol. The molecule has 4 fully saturated rings. The van der Waals surface area contributed by atoms with E-state index in [1.54, 1.807) is 0 Å². The number of thiocarbonyl (C=S) groups is 2. The van der Waals surface area contributed by atoms with Gasteiger partial charge in [-0.3, -0.25) is 4.90 Å². The highest BCUT2D eigenvalue weighted by Crippen LogP contribution is 2.32. The molecule has 0 spiro atoms. The molecule has 7 heteroatoms. The summed E-state index contributed by atoms with van der Waals surface area (Å²) < 4.78 is 0. The van der Waals surface area contributed by atoms with Gasteiger partial charge in [-0.15, -0.1) is 0 Å². The number of nitrogens with one attached hydrogen (secondary N) is 1. The zero-order valence-electron chi connectivity index (χ0n) is 27.7. The van der Waals surface area contributed by atoms with Crippen LogP contribution in [0.25, 0.3) is 0 Å². The first-order valence-electron chi connectivity index (χ1n) is 17.9. The lowest BCUT2D eigenvalue weighted by atomic mass is 9.88. The Bertz CT molecular complexity index is 1230. The molecule has 2 aromatic rings. The molecule has 4 atom stereocenters. The van der Waals surface area contributed by atoms with Gasteiger partial charge in [-0.2, -0.15) is 0 Å². The molecular formula is C38H55N5S2. The van der Waals surface area contributed by atoms with Crippen LogP contribution in [0.3, 0.4) is 0 Å². The van der Waals surface area contributed by atoms with Crippen molar-refractivity contribution in [2.75, 3.05) is 39.3 Å². The molecule has 0 aromatic heterocycles. The van der Waals surface area contributed by atoms with Gasteiger partial charge in [-0.1, -0.05) is 93.8 Å². The van der Waals surface area contributed by atoms with E-state index in [9.17, 15) is 0 Å². The normalized spacial score (nSPS) is 25.5. The maximum absolute atomic E-state index is 6.43. The highest BCUT2D eigenvalue weighted by Gasteiger charge is 2.41. The molecule has 244 valence electrons. The minimum Gasteiger partial charge on any atom is -0.360 e. The molecule has 0 radical (unpaired) electrons. The Morgan fingerprint density at radius 3 is 2.20 bits per heavy atom. The van der Waals surface area contributed by atoms with Crippen molar-refractivity contribution in [3.8, 4) is 0 Å². The smallest absolute Gasteiger partial charge is 0.172 e. The molecule has 1 N–H and O–H groups in total. The average Bonchev–Trinajstić information content (AvgIpc) is 3.72. The monoisotopic (exact) mass is 645 g/mol. The Kier molecular flexibility index (Phi) is 11.3. The van der Waals surface area contributed by atoms with Crippen LogP contribution in [0.15, 0.2) is 60.7 Å². The van der Waals surface area contributed by atoms with Crippen LogP contribution in [0.2, 0.25) is 0 Å². The topological polar surface area (TPSA) is 25.0 Å². The van der Waals surface area contributed by atoms with Gasteiger partial charge in [0, 0.05) is 50.8 Å². The zero-order chi connectivity index (χ0) is 31.2. The van der Waals surface area contributed by atoms with Crippen molar-refractivity contribution < 1.29 is 0 Å². The van der Waals surface area contributed by atoms with Crippen LogP contribution in [0, 0.1) is 11.8 Å². The van der Waals surface area contributed by atoms with Crippen molar-refractivity contribution in [2.45, 2.75) is 102 Å². The van der Waals surface area contributed by atoms with E-state index in [0.717, 1.165) is 68.3 Å². The first-order valence-corrected chi connectivity index (χ1v) is 18.7. The molecule has 1 saturated carbocycles. The van der Waals surface area contributed by atoms with Crippen LogP contribution in [0.1, 0.15) is 76.3 Å². The predicted octanol–water partition coefficient (Wildman–Crippen LogP) is 6.76. The van der Waals surface area contributed by atoms with E-state index in [0.29, 0.717) is 30.1 Å². The summed E-state index contributed by atoms with van der Waals surface area (Å²) >= 11 is 12.3. The zero-order valence-corrected chi connectivity index (χ0v) is 29.3. The van der Waals surface area contributed by atoms with Crippen LogP contribution >= 0.6 is 24.4 Å². The van der Waals surface area contributed by atoms with Crippen LogP contribution in [0.5, 0.6) is 0 Å². The fourth-order valence-corrected chi connectivity index (χ4v) is 9.29. The lowest BCUT2D eigenvalue weighted by molar-refractivity contribution is 0.159. The molecular weight excluding hydrogens is 591 g/mol. The summed E-state index contributed by atoms with van der Waals surface area (Å²) in [7, 11) is 0. The number of rotatable bonds is 13. The molecule has 1 aliphatic carbocycles. The summed E-state index contributed by atoms with van der Waals surface area (Å²) in [6, 6.07) is 23.9. The summed E-state index contributed by atoms with van der Waals surface area (Å²) in [5.74, 6) is 1.47. The molecule has 4 aliphatic rings. The second-order valence-electron chi connectivity index (χ2n) is 14.7. The number of hydrogen-bond donors (Lipinski definition) is 1. The van der Waals surface area contributed by atoms with Crippen molar-refractivity contribution in [1.29, 1.82) is 0 Å². The van der Waals surface area contributed by atoms with Crippen molar-refractivity contribution in [3.05, 3.63) is 71.8 Å². The van der Waals surface area contributed by atoms with Gasteiger partial charge < -0.3 is 20.0 Å². The molecule has 0 bridgehead atoms. The molecule has 1 unspecified atom stereocenters.